The smallest absolute Gasteiger partial charge is 0.338 e. The standard InChI is InChI=1S/C30H29ClN4O2S/c1-19(2)22-13-15-23(16-14-22)27-26(28(36)37-17-21-9-5-4-6-10-21)20(3)32-29-33-30(34-35(27)29)38-18-24-11-7-8-12-25(24)31/h4-16,19,27H,17-18H2,1-3H3,(H,32,33,34). The Bertz CT molecular complexity index is 1470. The van der Waals surface area contributed by atoms with E-state index in [1.807, 2.05) is 61.5 Å². The number of carbonyl (C=O) groups is 1. The van der Waals surface area contributed by atoms with Crippen LogP contribution in [0.15, 0.2) is 95.3 Å². The average molecular weight is 545 g/mol. The summed E-state index contributed by atoms with van der Waals surface area (Å²) >= 11 is 7.85. The summed E-state index contributed by atoms with van der Waals surface area (Å²) in [6.07, 6.45) is 0. The van der Waals surface area contributed by atoms with E-state index in [2.05, 4.69) is 43.4 Å². The SMILES string of the molecule is CC1=C(C(=O)OCc2ccccc2)C(c2ccc(C(C)C)cc2)n2nc(SCc3ccccc3Cl)nc2N1. The third-order valence-electron chi connectivity index (χ3n) is 6.50. The number of ether oxygens (including phenoxy) is 1. The summed E-state index contributed by atoms with van der Waals surface area (Å²) in [6, 6.07) is 25.3. The van der Waals surface area contributed by atoms with Crippen LogP contribution in [0.5, 0.6) is 0 Å². The Labute approximate surface area is 232 Å². The number of benzene rings is 3. The zero-order valence-corrected chi connectivity index (χ0v) is 23.1. The van der Waals surface area contributed by atoms with Gasteiger partial charge in [-0.05, 0) is 41.2 Å². The van der Waals surface area contributed by atoms with Gasteiger partial charge >= 0.3 is 5.97 Å². The maximum atomic E-state index is 13.5. The number of nitrogens with zero attached hydrogens (tertiary/aromatic N) is 3. The van der Waals surface area contributed by atoms with Crippen LogP contribution in [0, 0.1) is 0 Å². The molecule has 6 nitrogen and oxygen atoms in total. The zero-order valence-electron chi connectivity index (χ0n) is 21.5. The van der Waals surface area contributed by atoms with Gasteiger partial charge < -0.3 is 10.1 Å². The predicted molar refractivity (Wildman–Crippen MR) is 152 cm³/mol. The van der Waals surface area contributed by atoms with Crippen molar-refractivity contribution in [1.82, 2.24) is 14.8 Å². The molecule has 1 aliphatic rings. The summed E-state index contributed by atoms with van der Waals surface area (Å²) in [4.78, 5) is 18.2. The summed E-state index contributed by atoms with van der Waals surface area (Å²) in [5.74, 6) is 1.24. The van der Waals surface area contributed by atoms with Gasteiger partial charge in [-0.2, -0.15) is 4.98 Å². The summed E-state index contributed by atoms with van der Waals surface area (Å²) in [5, 5.41) is 9.41. The first kappa shape index (κ1) is 26.1. The number of rotatable bonds is 8. The van der Waals surface area contributed by atoms with Gasteiger partial charge in [-0.1, -0.05) is 110 Å². The molecule has 5 rings (SSSR count). The van der Waals surface area contributed by atoms with Crippen molar-refractivity contribution in [2.75, 3.05) is 5.32 Å². The van der Waals surface area contributed by atoms with Crippen LogP contribution in [0.1, 0.15) is 55.0 Å². The number of fused-ring (bicyclic) bond motifs is 1. The van der Waals surface area contributed by atoms with Gasteiger partial charge in [-0.15, -0.1) is 5.10 Å². The van der Waals surface area contributed by atoms with Crippen molar-refractivity contribution in [2.24, 2.45) is 0 Å². The predicted octanol–water partition coefficient (Wildman–Crippen LogP) is 7.38. The van der Waals surface area contributed by atoms with Crippen LogP contribution in [0.4, 0.5) is 5.95 Å². The molecule has 0 saturated heterocycles. The van der Waals surface area contributed by atoms with Crippen molar-refractivity contribution in [1.29, 1.82) is 0 Å². The monoisotopic (exact) mass is 544 g/mol. The second kappa shape index (κ2) is 11.5. The van der Waals surface area contributed by atoms with Crippen LogP contribution >= 0.6 is 23.4 Å². The number of hydrogen-bond donors (Lipinski definition) is 1. The molecular formula is C30H29ClN4O2S. The van der Waals surface area contributed by atoms with Gasteiger partial charge in [0.05, 0.1) is 5.57 Å². The fourth-order valence-electron chi connectivity index (χ4n) is 4.39. The number of nitrogens with one attached hydrogen (secondary N) is 1. The Morgan fingerprint density at radius 2 is 1.76 bits per heavy atom. The molecule has 0 radical (unpaired) electrons. The highest BCUT2D eigenvalue weighted by Crippen LogP contribution is 2.38. The van der Waals surface area contributed by atoms with Crippen LogP contribution in [0.2, 0.25) is 5.02 Å². The first-order valence-corrected chi connectivity index (χ1v) is 13.9. The fraction of sp³-hybridized carbons (Fsp3) is 0.233. The van der Waals surface area contributed by atoms with Gasteiger partial charge in [-0.25, -0.2) is 9.48 Å². The molecule has 3 aromatic carbocycles. The minimum absolute atomic E-state index is 0.193. The second-order valence-corrected chi connectivity index (χ2v) is 10.8. The minimum atomic E-state index is -0.474. The molecule has 38 heavy (non-hydrogen) atoms. The molecule has 4 aromatic rings. The van der Waals surface area contributed by atoms with Crippen molar-refractivity contribution >= 4 is 35.3 Å². The second-order valence-electron chi connectivity index (χ2n) is 9.49. The Balaban J connectivity index is 1.46. The molecule has 0 bridgehead atoms. The number of carbonyl (C=O) groups excluding carboxylic acids is 1. The third kappa shape index (κ3) is 5.64. The van der Waals surface area contributed by atoms with E-state index in [0.29, 0.717) is 39.1 Å². The van der Waals surface area contributed by atoms with E-state index in [-0.39, 0.29) is 12.6 Å². The van der Waals surface area contributed by atoms with Gasteiger partial charge in [-0.3, -0.25) is 0 Å². The summed E-state index contributed by atoms with van der Waals surface area (Å²) in [7, 11) is 0. The molecule has 0 amide bonds. The molecule has 0 fully saturated rings. The van der Waals surface area contributed by atoms with Crippen LogP contribution in [0.25, 0.3) is 0 Å². The van der Waals surface area contributed by atoms with Crippen molar-refractivity contribution in [3.8, 4) is 0 Å². The number of aromatic nitrogens is 3. The highest BCUT2D eigenvalue weighted by Gasteiger charge is 2.35. The normalized spacial score (nSPS) is 14.8. The summed E-state index contributed by atoms with van der Waals surface area (Å²) in [6.45, 7) is 6.39. The quantitative estimate of drug-likeness (QED) is 0.184. The minimum Gasteiger partial charge on any atom is -0.457 e. The number of allylic oxidation sites excluding steroid dienone is 1. The molecule has 1 atom stereocenters. The van der Waals surface area contributed by atoms with Crippen LogP contribution in [-0.4, -0.2) is 20.7 Å². The third-order valence-corrected chi connectivity index (χ3v) is 7.75. The van der Waals surface area contributed by atoms with Crippen LogP contribution in [0.3, 0.4) is 0 Å². The number of halogens is 1. The first-order valence-electron chi connectivity index (χ1n) is 12.5. The lowest BCUT2D eigenvalue weighted by Gasteiger charge is -2.28. The lowest BCUT2D eigenvalue weighted by atomic mass is 9.93. The highest BCUT2D eigenvalue weighted by molar-refractivity contribution is 7.98. The molecule has 0 saturated carbocycles. The Hall–Kier alpha value is -3.55. The maximum absolute atomic E-state index is 13.5. The van der Waals surface area contributed by atoms with Gasteiger partial charge in [0.1, 0.15) is 12.6 Å². The molecule has 0 spiro atoms. The molecule has 2 heterocycles. The lowest BCUT2D eigenvalue weighted by molar-refractivity contribution is -0.140. The molecule has 1 aromatic heterocycles. The zero-order chi connectivity index (χ0) is 26.6. The molecule has 1 unspecified atom stereocenters. The first-order chi connectivity index (χ1) is 18.4. The van der Waals surface area contributed by atoms with Gasteiger partial charge in [0.15, 0.2) is 0 Å². The van der Waals surface area contributed by atoms with E-state index in [1.54, 1.807) is 4.68 Å². The van der Waals surface area contributed by atoms with E-state index >= 15 is 0 Å². The van der Waals surface area contributed by atoms with E-state index in [9.17, 15) is 4.79 Å². The van der Waals surface area contributed by atoms with E-state index in [0.717, 1.165) is 16.7 Å². The van der Waals surface area contributed by atoms with Crippen molar-refractivity contribution in [3.63, 3.8) is 0 Å². The van der Waals surface area contributed by atoms with Gasteiger partial charge in [0.25, 0.3) is 0 Å². The highest BCUT2D eigenvalue weighted by atomic mass is 35.5. The van der Waals surface area contributed by atoms with Gasteiger partial charge in [0, 0.05) is 16.5 Å². The number of thioether (sulfide) groups is 1. The number of anilines is 1. The average Bonchev–Trinajstić information content (AvgIpc) is 3.33. The number of hydrogen-bond acceptors (Lipinski definition) is 6. The molecule has 1 N–H and O–H groups in total. The van der Waals surface area contributed by atoms with Crippen LogP contribution < -0.4 is 5.32 Å². The van der Waals surface area contributed by atoms with Gasteiger partial charge in [0.2, 0.25) is 11.1 Å². The lowest BCUT2D eigenvalue weighted by Crippen LogP contribution is -2.29. The molecule has 8 heteroatoms. The number of esters is 1. The molecule has 1 aliphatic heterocycles. The van der Waals surface area contributed by atoms with E-state index < -0.39 is 6.04 Å². The topological polar surface area (TPSA) is 69.0 Å². The summed E-state index contributed by atoms with van der Waals surface area (Å²) in [5.41, 5.74) is 5.32. The Morgan fingerprint density at radius 1 is 1.05 bits per heavy atom. The fourth-order valence-corrected chi connectivity index (χ4v) is 5.50. The Morgan fingerprint density at radius 3 is 2.47 bits per heavy atom. The molecule has 0 aliphatic carbocycles. The van der Waals surface area contributed by atoms with Crippen LogP contribution in [-0.2, 0) is 21.9 Å². The van der Waals surface area contributed by atoms with E-state index in [4.69, 9.17) is 26.4 Å². The summed E-state index contributed by atoms with van der Waals surface area (Å²) < 4.78 is 7.56. The molecule has 194 valence electrons. The van der Waals surface area contributed by atoms with Crippen molar-refractivity contribution in [2.45, 2.75) is 50.2 Å². The maximum Gasteiger partial charge on any atom is 0.338 e. The molecular weight excluding hydrogens is 516 g/mol. The van der Waals surface area contributed by atoms with E-state index in [1.165, 1.54) is 17.3 Å². The largest absolute Gasteiger partial charge is 0.457 e. The Kier molecular flexibility index (Phi) is 7.86. The van der Waals surface area contributed by atoms with Crippen molar-refractivity contribution in [3.05, 3.63) is 117 Å². The van der Waals surface area contributed by atoms with Crippen molar-refractivity contribution < 1.29 is 9.53 Å².